The zero-order chi connectivity index (χ0) is 16.7. The molecule has 0 saturated carbocycles. The van der Waals surface area contributed by atoms with E-state index in [4.69, 9.17) is 4.74 Å². The Hall–Kier alpha value is -2.80. The molecule has 0 atom stereocenters. The molecule has 24 heavy (non-hydrogen) atoms. The third-order valence-corrected chi connectivity index (χ3v) is 4.22. The molecule has 3 aromatic rings. The van der Waals surface area contributed by atoms with E-state index in [2.05, 4.69) is 20.3 Å². The number of hydrogen-bond acceptors (Lipinski definition) is 6. The number of hydrogen-bond donors (Lipinski definition) is 1. The van der Waals surface area contributed by atoms with Gasteiger partial charge >= 0.3 is 0 Å². The summed E-state index contributed by atoms with van der Waals surface area (Å²) in [5.74, 6) is 1.76. The molecule has 1 aliphatic heterocycles. The van der Waals surface area contributed by atoms with Gasteiger partial charge < -0.3 is 10.1 Å². The lowest BCUT2D eigenvalue weighted by Gasteiger charge is -2.27. The number of benzene rings is 1. The molecular weight excluding hydrogens is 306 g/mol. The average molecular weight is 323 g/mol. The van der Waals surface area contributed by atoms with E-state index >= 15 is 0 Å². The highest BCUT2D eigenvalue weighted by Crippen LogP contribution is 2.21. The van der Waals surface area contributed by atoms with Crippen molar-refractivity contribution in [1.29, 1.82) is 0 Å². The van der Waals surface area contributed by atoms with Crippen LogP contribution in [0.2, 0.25) is 0 Å². The predicted molar refractivity (Wildman–Crippen MR) is 90.0 cm³/mol. The van der Waals surface area contributed by atoms with Crippen LogP contribution in [0.4, 0.5) is 0 Å². The van der Waals surface area contributed by atoms with Crippen LogP contribution in [0.5, 0.6) is 5.88 Å². The van der Waals surface area contributed by atoms with Crippen LogP contribution >= 0.6 is 0 Å². The lowest BCUT2D eigenvalue weighted by molar-refractivity contribution is 0.136. The summed E-state index contributed by atoms with van der Waals surface area (Å²) in [6, 6.07) is 7.23. The second kappa shape index (κ2) is 5.68. The molecule has 0 unspecified atom stereocenters. The molecule has 3 heterocycles. The minimum Gasteiger partial charge on any atom is -0.472 e. The third-order valence-electron chi connectivity index (χ3n) is 4.22. The van der Waals surface area contributed by atoms with E-state index in [0.29, 0.717) is 28.4 Å². The SMILES string of the molecule is Cc1nc2ccc(-c3nccc(OC4CNC4)n3)cc2c(=O)n1C. The summed E-state index contributed by atoms with van der Waals surface area (Å²) in [6.07, 6.45) is 1.82. The first-order valence-corrected chi connectivity index (χ1v) is 7.80. The van der Waals surface area contributed by atoms with Crippen molar-refractivity contribution in [3.8, 4) is 17.3 Å². The van der Waals surface area contributed by atoms with Crippen LogP contribution < -0.4 is 15.6 Å². The molecule has 2 aromatic heterocycles. The van der Waals surface area contributed by atoms with Gasteiger partial charge in [0.15, 0.2) is 5.82 Å². The van der Waals surface area contributed by atoms with Gasteiger partial charge in [-0.1, -0.05) is 0 Å². The third kappa shape index (κ3) is 2.52. The fourth-order valence-corrected chi connectivity index (χ4v) is 2.58. The molecule has 0 spiro atoms. The minimum absolute atomic E-state index is 0.0766. The molecule has 1 N–H and O–H groups in total. The van der Waals surface area contributed by atoms with Gasteiger partial charge in [0.05, 0.1) is 10.9 Å². The highest BCUT2D eigenvalue weighted by atomic mass is 16.5. The Kier molecular flexibility index (Phi) is 3.50. The van der Waals surface area contributed by atoms with E-state index in [1.807, 2.05) is 19.1 Å². The molecule has 1 aliphatic rings. The average Bonchev–Trinajstić information content (AvgIpc) is 2.56. The van der Waals surface area contributed by atoms with E-state index < -0.39 is 0 Å². The van der Waals surface area contributed by atoms with Crippen molar-refractivity contribution in [3.63, 3.8) is 0 Å². The zero-order valence-corrected chi connectivity index (χ0v) is 13.5. The van der Waals surface area contributed by atoms with Gasteiger partial charge in [-0.15, -0.1) is 0 Å². The van der Waals surface area contributed by atoms with Crippen molar-refractivity contribution in [2.45, 2.75) is 13.0 Å². The first-order valence-electron chi connectivity index (χ1n) is 7.80. The highest BCUT2D eigenvalue weighted by Gasteiger charge is 2.19. The molecule has 1 fully saturated rings. The standard InChI is InChI=1S/C17H17N5O2/c1-10-20-14-4-3-11(7-13(14)17(23)22(10)2)16-19-6-5-15(21-16)24-12-8-18-9-12/h3-7,12,18H,8-9H2,1-2H3. The molecule has 0 amide bonds. The monoisotopic (exact) mass is 323 g/mol. The first-order chi connectivity index (χ1) is 11.6. The summed E-state index contributed by atoms with van der Waals surface area (Å²) in [7, 11) is 1.72. The zero-order valence-electron chi connectivity index (χ0n) is 13.5. The Bertz CT molecular complexity index is 978. The van der Waals surface area contributed by atoms with Crippen molar-refractivity contribution >= 4 is 10.9 Å². The summed E-state index contributed by atoms with van der Waals surface area (Å²) >= 11 is 0. The Morgan fingerprint density at radius 1 is 1.25 bits per heavy atom. The minimum atomic E-state index is -0.0766. The molecule has 122 valence electrons. The number of fused-ring (bicyclic) bond motifs is 1. The smallest absolute Gasteiger partial charge is 0.261 e. The highest BCUT2D eigenvalue weighted by molar-refractivity contribution is 5.82. The van der Waals surface area contributed by atoms with Crippen LogP contribution in [-0.4, -0.2) is 38.7 Å². The van der Waals surface area contributed by atoms with Crippen LogP contribution in [0, 0.1) is 6.92 Å². The predicted octanol–water partition coefficient (Wildman–Crippen LogP) is 1.05. The number of ether oxygens (including phenoxy) is 1. The molecular formula is C17H17N5O2. The molecule has 7 nitrogen and oxygen atoms in total. The molecule has 0 aliphatic carbocycles. The van der Waals surface area contributed by atoms with Crippen molar-refractivity contribution in [1.82, 2.24) is 24.8 Å². The molecule has 1 saturated heterocycles. The molecule has 0 radical (unpaired) electrons. The van der Waals surface area contributed by atoms with Crippen molar-refractivity contribution in [2.75, 3.05) is 13.1 Å². The van der Waals surface area contributed by atoms with Crippen molar-refractivity contribution < 1.29 is 4.74 Å². The number of rotatable bonds is 3. The maximum atomic E-state index is 12.4. The maximum absolute atomic E-state index is 12.4. The van der Waals surface area contributed by atoms with Crippen LogP contribution in [0.25, 0.3) is 22.3 Å². The Morgan fingerprint density at radius 3 is 2.83 bits per heavy atom. The van der Waals surface area contributed by atoms with Gasteiger partial charge in [0.2, 0.25) is 5.88 Å². The van der Waals surface area contributed by atoms with Crippen LogP contribution in [0.3, 0.4) is 0 Å². The van der Waals surface area contributed by atoms with E-state index in [9.17, 15) is 4.79 Å². The Morgan fingerprint density at radius 2 is 2.08 bits per heavy atom. The molecule has 4 rings (SSSR count). The van der Waals surface area contributed by atoms with Gasteiger partial charge in [-0.2, -0.15) is 4.98 Å². The molecule has 1 aromatic carbocycles. The Balaban J connectivity index is 1.76. The lowest BCUT2D eigenvalue weighted by atomic mass is 10.1. The number of nitrogens with one attached hydrogen (secondary N) is 1. The topological polar surface area (TPSA) is 81.9 Å². The largest absolute Gasteiger partial charge is 0.472 e. The fourth-order valence-electron chi connectivity index (χ4n) is 2.58. The van der Waals surface area contributed by atoms with Crippen LogP contribution in [0.1, 0.15) is 5.82 Å². The van der Waals surface area contributed by atoms with E-state index in [-0.39, 0.29) is 11.7 Å². The quantitative estimate of drug-likeness (QED) is 0.776. The van der Waals surface area contributed by atoms with Crippen molar-refractivity contribution in [2.24, 2.45) is 7.05 Å². The van der Waals surface area contributed by atoms with E-state index in [0.717, 1.165) is 18.7 Å². The number of nitrogens with zero attached hydrogens (tertiary/aromatic N) is 4. The van der Waals surface area contributed by atoms with Gasteiger partial charge in [-0.05, 0) is 25.1 Å². The van der Waals surface area contributed by atoms with Gasteiger partial charge in [0.25, 0.3) is 5.56 Å². The second-order valence-electron chi connectivity index (χ2n) is 5.87. The van der Waals surface area contributed by atoms with Crippen molar-refractivity contribution in [3.05, 3.63) is 46.6 Å². The van der Waals surface area contributed by atoms with Gasteiger partial charge in [-0.25, -0.2) is 9.97 Å². The van der Waals surface area contributed by atoms with Crippen LogP contribution in [-0.2, 0) is 7.05 Å². The fraction of sp³-hybridized carbons (Fsp3) is 0.294. The normalized spacial score (nSPS) is 14.6. The summed E-state index contributed by atoms with van der Waals surface area (Å²) in [5.41, 5.74) is 1.36. The number of aryl methyl sites for hydroxylation is 1. The first kappa shape index (κ1) is 14.8. The van der Waals surface area contributed by atoms with E-state index in [1.165, 1.54) is 4.57 Å². The summed E-state index contributed by atoms with van der Waals surface area (Å²) in [6.45, 7) is 3.47. The second-order valence-corrected chi connectivity index (χ2v) is 5.87. The summed E-state index contributed by atoms with van der Waals surface area (Å²) in [4.78, 5) is 25.6. The summed E-state index contributed by atoms with van der Waals surface area (Å²) < 4.78 is 7.30. The molecule has 0 bridgehead atoms. The molecule has 7 heteroatoms. The van der Waals surface area contributed by atoms with Gasteiger partial charge in [-0.3, -0.25) is 9.36 Å². The number of aromatic nitrogens is 4. The van der Waals surface area contributed by atoms with E-state index in [1.54, 1.807) is 25.4 Å². The lowest BCUT2D eigenvalue weighted by Crippen LogP contribution is -2.50. The Labute approximate surface area is 138 Å². The maximum Gasteiger partial charge on any atom is 0.261 e. The van der Waals surface area contributed by atoms with Gasteiger partial charge in [0.1, 0.15) is 11.9 Å². The van der Waals surface area contributed by atoms with Crippen LogP contribution in [0.15, 0.2) is 35.3 Å². The summed E-state index contributed by atoms with van der Waals surface area (Å²) in [5, 5.41) is 3.71. The van der Waals surface area contributed by atoms with Gasteiger partial charge in [0, 0.05) is 38.0 Å².